The number of carboxylic acids is 1. The van der Waals surface area contributed by atoms with Crippen molar-refractivity contribution in [3.63, 3.8) is 0 Å². The van der Waals surface area contributed by atoms with E-state index in [1.807, 2.05) is 0 Å². The first-order chi connectivity index (χ1) is 10.9. The highest BCUT2D eigenvalue weighted by Crippen LogP contribution is 2.23. The van der Waals surface area contributed by atoms with Crippen molar-refractivity contribution in [2.75, 3.05) is 32.2 Å². The number of anilines is 1. The summed E-state index contributed by atoms with van der Waals surface area (Å²) in [6, 6.07) is 6.21. The lowest BCUT2D eigenvalue weighted by Gasteiger charge is -2.19. The number of benzene rings is 1. The Hall–Kier alpha value is -2.32. The second kappa shape index (κ2) is 8.96. The van der Waals surface area contributed by atoms with Crippen LogP contribution in [0.2, 0.25) is 0 Å². The standard InChI is InChI=1S/C15H22N2O6/c1-15(21,13(18)19)10-16-14(20)17-11-6-3-4-7-12(11)23-9-5-8-22-2/h3-4,6-7,21H,5,8-10H2,1-2H3,(H,18,19)(H2,16,17,20). The van der Waals surface area contributed by atoms with E-state index in [-0.39, 0.29) is 0 Å². The third-order valence-electron chi connectivity index (χ3n) is 2.94. The summed E-state index contributed by atoms with van der Waals surface area (Å²) >= 11 is 0. The average molecular weight is 326 g/mol. The molecule has 1 rings (SSSR count). The Morgan fingerprint density at radius 2 is 1.96 bits per heavy atom. The Morgan fingerprint density at radius 1 is 1.26 bits per heavy atom. The van der Waals surface area contributed by atoms with Crippen LogP contribution in [0.15, 0.2) is 24.3 Å². The molecular weight excluding hydrogens is 304 g/mol. The van der Waals surface area contributed by atoms with Gasteiger partial charge < -0.3 is 30.3 Å². The average Bonchev–Trinajstić information content (AvgIpc) is 2.51. The fourth-order valence-corrected chi connectivity index (χ4v) is 1.58. The summed E-state index contributed by atoms with van der Waals surface area (Å²) in [4.78, 5) is 22.6. The van der Waals surface area contributed by atoms with Gasteiger partial charge in [-0.1, -0.05) is 12.1 Å². The molecule has 0 aromatic heterocycles. The van der Waals surface area contributed by atoms with E-state index in [1.165, 1.54) is 0 Å². The van der Waals surface area contributed by atoms with Gasteiger partial charge in [0.2, 0.25) is 0 Å². The Kier molecular flexibility index (Phi) is 7.30. The summed E-state index contributed by atoms with van der Waals surface area (Å²) in [5, 5.41) is 23.2. The van der Waals surface area contributed by atoms with Gasteiger partial charge in [-0.15, -0.1) is 0 Å². The Balaban J connectivity index is 2.56. The molecule has 128 valence electrons. The number of ether oxygens (including phenoxy) is 2. The van der Waals surface area contributed by atoms with Crippen molar-refractivity contribution in [3.05, 3.63) is 24.3 Å². The van der Waals surface area contributed by atoms with Crippen molar-refractivity contribution in [2.45, 2.75) is 18.9 Å². The minimum Gasteiger partial charge on any atom is -0.491 e. The lowest BCUT2D eigenvalue weighted by molar-refractivity contribution is -0.155. The first-order valence-corrected chi connectivity index (χ1v) is 7.08. The molecule has 0 radical (unpaired) electrons. The number of carbonyl (C=O) groups is 2. The van der Waals surface area contributed by atoms with E-state index in [0.717, 1.165) is 6.92 Å². The highest BCUT2D eigenvalue weighted by atomic mass is 16.5. The minimum absolute atomic E-state index is 0.426. The zero-order chi connectivity index (χ0) is 17.3. The van der Waals surface area contributed by atoms with Crippen LogP contribution in [-0.4, -0.2) is 54.7 Å². The molecule has 8 nitrogen and oxygen atoms in total. The van der Waals surface area contributed by atoms with Gasteiger partial charge in [-0.25, -0.2) is 9.59 Å². The molecule has 2 amide bonds. The molecule has 1 unspecified atom stereocenters. The number of carboxylic acid groups (broad SMARTS) is 1. The van der Waals surface area contributed by atoms with E-state index >= 15 is 0 Å². The third-order valence-corrected chi connectivity index (χ3v) is 2.94. The predicted molar refractivity (Wildman–Crippen MR) is 83.7 cm³/mol. The first-order valence-electron chi connectivity index (χ1n) is 7.08. The summed E-state index contributed by atoms with van der Waals surface area (Å²) in [6.07, 6.45) is 0.707. The van der Waals surface area contributed by atoms with Gasteiger partial charge in [0, 0.05) is 20.1 Å². The first kappa shape index (κ1) is 18.7. The van der Waals surface area contributed by atoms with E-state index in [0.29, 0.717) is 31.1 Å². The van der Waals surface area contributed by atoms with Crippen LogP contribution in [0.3, 0.4) is 0 Å². The molecule has 0 fully saturated rings. The van der Waals surface area contributed by atoms with Crippen LogP contribution in [0.5, 0.6) is 5.75 Å². The maximum absolute atomic E-state index is 11.8. The highest BCUT2D eigenvalue weighted by Gasteiger charge is 2.30. The summed E-state index contributed by atoms with van der Waals surface area (Å²) in [5.41, 5.74) is -1.59. The Bertz CT molecular complexity index is 532. The summed E-state index contributed by atoms with van der Waals surface area (Å²) in [5.74, 6) is -0.927. The van der Waals surface area contributed by atoms with E-state index in [2.05, 4.69) is 10.6 Å². The van der Waals surface area contributed by atoms with Crippen LogP contribution in [0.1, 0.15) is 13.3 Å². The van der Waals surface area contributed by atoms with E-state index < -0.39 is 24.1 Å². The molecular formula is C15H22N2O6. The SMILES string of the molecule is COCCCOc1ccccc1NC(=O)NCC(C)(O)C(=O)O. The molecule has 0 saturated carbocycles. The lowest BCUT2D eigenvalue weighted by atomic mass is 10.1. The fraction of sp³-hybridized carbons (Fsp3) is 0.467. The number of urea groups is 1. The number of hydrogen-bond donors (Lipinski definition) is 4. The van der Waals surface area contributed by atoms with Crippen LogP contribution >= 0.6 is 0 Å². The zero-order valence-corrected chi connectivity index (χ0v) is 13.2. The summed E-state index contributed by atoms with van der Waals surface area (Å²) < 4.78 is 10.5. The van der Waals surface area contributed by atoms with E-state index in [4.69, 9.17) is 14.6 Å². The maximum atomic E-state index is 11.8. The number of hydrogen-bond acceptors (Lipinski definition) is 5. The van der Waals surface area contributed by atoms with E-state index in [1.54, 1.807) is 31.4 Å². The maximum Gasteiger partial charge on any atom is 0.337 e. The molecule has 0 aliphatic heterocycles. The molecule has 1 atom stereocenters. The monoisotopic (exact) mass is 326 g/mol. The largest absolute Gasteiger partial charge is 0.491 e. The smallest absolute Gasteiger partial charge is 0.337 e. The second-order valence-corrected chi connectivity index (χ2v) is 5.08. The Morgan fingerprint density at radius 3 is 2.61 bits per heavy atom. The van der Waals surface area contributed by atoms with Crippen LogP contribution in [0, 0.1) is 0 Å². The van der Waals surface area contributed by atoms with Crippen LogP contribution < -0.4 is 15.4 Å². The van der Waals surface area contributed by atoms with Gasteiger partial charge in [-0.2, -0.15) is 0 Å². The van der Waals surface area contributed by atoms with Gasteiger partial charge >= 0.3 is 12.0 Å². The van der Waals surface area contributed by atoms with Crippen LogP contribution in [0.25, 0.3) is 0 Å². The van der Waals surface area contributed by atoms with Gasteiger partial charge in [0.05, 0.1) is 18.8 Å². The summed E-state index contributed by atoms with van der Waals surface area (Å²) in [7, 11) is 1.60. The van der Waals surface area contributed by atoms with Crippen molar-refractivity contribution in [1.82, 2.24) is 5.32 Å². The molecule has 0 bridgehead atoms. The molecule has 23 heavy (non-hydrogen) atoms. The lowest BCUT2D eigenvalue weighted by Crippen LogP contribution is -2.47. The zero-order valence-electron chi connectivity index (χ0n) is 13.2. The minimum atomic E-state index is -2.03. The predicted octanol–water partition coefficient (Wildman–Crippen LogP) is 1.06. The fourth-order valence-electron chi connectivity index (χ4n) is 1.58. The number of nitrogens with one attached hydrogen (secondary N) is 2. The molecule has 0 saturated heterocycles. The van der Waals surface area contributed by atoms with Gasteiger partial charge in [0.1, 0.15) is 5.75 Å². The molecule has 1 aromatic rings. The van der Waals surface area contributed by atoms with Crippen LogP contribution in [-0.2, 0) is 9.53 Å². The van der Waals surface area contributed by atoms with Crippen molar-refractivity contribution in [3.8, 4) is 5.75 Å². The molecule has 0 spiro atoms. The number of amides is 2. The number of aliphatic carboxylic acids is 1. The van der Waals surface area contributed by atoms with Crippen molar-refractivity contribution in [1.29, 1.82) is 0 Å². The van der Waals surface area contributed by atoms with Crippen molar-refractivity contribution < 1.29 is 29.3 Å². The molecule has 4 N–H and O–H groups in total. The number of aliphatic hydroxyl groups is 1. The number of para-hydroxylation sites is 2. The van der Waals surface area contributed by atoms with Crippen molar-refractivity contribution >= 4 is 17.7 Å². The van der Waals surface area contributed by atoms with Gasteiger partial charge in [0.25, 0.3) is 0 Å². The molecule has 8 heteroatoms. The second-order valence-electron chi connectivity index (χ2n) is 5.08. The quantitative estimate of drug-likeness (QED) is 0.504. The van der Waals surface area contributed by atoms with E-state index in [9.17, 15) is 14.7 Å². The summed E-state index contributed by atoms with van der Waals surface area (Å²) in [6.45, 7) is 1.68. The Labute approximate surface area is 134 Å². The van der Waals surface area contributed by atoms with Gasteiger partial charge in [-0.3, -0.25) is 0 Å². The molecule has 0 aliphatic carbocycles. The molecule has 1 aromatic carbocycles. The van der Waals surface area contributed by atoms with Gasteiger partial charge in [0.15, 0.2) is 5.60 Å². The van der Waals surface area contributed by atoms with Crippen LogP contribution in [0.4, 0.5) is 10.5 Å². The number of methoxy groups -OCH3 is 1. The molecule has 0 aliphatic rings. The third kappa shape index (κ3) is 6.54. The number of carbonyl (C=O) groups excluding carboxylic acids is 1. The normalized spacial score (nSPS) is 13.0. The van der Waals surface area contributed by atoms with Gasteiger partial charge in [-0.05, 0) is 19.1 Å². The number of rotatable bonds is 9. The highest BCUT2D eigenvalue weighted by molar-refractivity contribution is 5.91. The molecule has 0 heterocycles. The van der Waals surface area contributed by atoms with Crippen molar-refractivity contribution in [2.24, 2.45) is 0 Å². The topological polar surface area (TPSA) is 117 Å².